The molecule has 0 aliphatic rings. The molecule has 3 aromatic carbocycles. The van der Waals surface area contributed by atoms with Crippen molar-refractivity contribution in [2.45, 2.75) is 6.42 Å². The molecule has 0 radical (unpaired) electrons. The summed E-state index contributed by atoms with van der Waals surface area (Å²) in [6.45, 7) is 0.584. The smallest absolute Gasteiger partial charge is 0.164 e. The van der Waals surface area contributed by atoms with E-state index in [1.807, 2.05) is 54.6 Å². The van der Waals surface area contributed by atoms with Gasteiger partial charge in [-0.15, -0.1) is 0 Å². The minimum Gasteiger partial charge on any atom is -0.456 e. The predicted molar refractivity (Wildman–Crippen MR) is 105 cm³/mol. The summed E-state index contributed by atoms with van der Waals surface area (Å²) in [5, 5.41) is 5.53. The molecule has 0 aliphatic heterocycles. The van der Waals surface area contributed by atoms with Crippen LogP contribution >= 0.6 is 15.9 Å². The van der Waals surface area contributed by atoms with Crippen molar-refractivity contribution < 1.29 is 9.21 Å². The van der Waals surface area contributed by atoms with E-state index in [2.05, 4.69) is 33.4 Å². The van der Waals surface area contributed by atoms with E-state index in [4.69, 9.17) is 4.42 Å². The second-order valence-corrected chi connectivity index (χ2v) is 6.83. The zero-order valence-corrected chi connectivity index (χ0v) is 15.0. The number of carbonyl (C=O) groups excluding carboxylic acids is 1. The lowest BCUT2D eigenvalue weighted by Gasteiger charge is -2.06. The molecule has 4 rings (SSSR count). The molecule has 0 saturated heterocycles. The van der Waals surface area contributed by atoms with Crippen LogP contribution in [0.25, 0.3) is 21.9 Å². The predicted octanol–water partition coefficient (Wildman–Crippen LogP) is 6.03. The Kier molecular flexibility index (Phi) is 4.28. The second-order valence-electron chi connectivity index (χ2n) is 5.92. The number of para-hydroxylation sites is 1. The molecule has 1 N–H and O–H groups in total. The van der Waals surface area contributed by atoms with Gasteiger partial charge in [-0.05, 0) is 30.3 Å². The summed E-state index contributed by atoms with van der Waals surface area (Å²) in [6.07, 6.45) is 0.444. The first kappa shape index (κ1) is 15.9. The summed E-state index contributed by atoms with van der Waals surface area (Å²) in [7, 11) is 0. The van der Waals surface area contributed by atoms with Gasteiger partial charge >= 0.3 is 0 Å². The zero-order valence-electron chi connectivity index (χ0n) is 13.5. The Balaban J connectivity index is 1.45. The maximum atomic E-state index is 12.2. The van der Waals surface area contributed by atoms with E-state index in [0.29, 0.717) is 13.0 Å². The number of halogens is 1. The summed E-state index contributed by atoms with van der Waals surface area (Å²) in [6, 6.07) is 21.5. The van der Waals surface area contributed by atoms with Crippen LogP contribution in [0.3, 0.4) is 0 Å². The molecular formula is C21H16BrNO2. The highest BCUT2D eigenvalue weighted by molar-refractivity contribution is 9.10. The van der Waals surface area contributed by atoms with E-state index in [9.17, 15) is 4.79 Å². The molecule has 0 aliphatic carbocycles. The maximum absolute atomic E-state index is 12.2. The minimum absolute atomic E-state index is 0.129. The van der Waals surface area contributed by atoms with Crippen molar-refractivity contribution in [2.24, 2.45) is 0 Å². The molecule has 0 atom stereocenters. The average Bonchev–Trinajstić information content (AvgIpc) is 3.00. The maximum Gasteiger partial charge on any atom is 0.164 e. The third kappa shape index (κ3) is 3.30. The van der Waals surface area contributed by atoms with Crippen molar-refractivity contribution in [1.82, 2.24) is 0 Å². The number of hydrogen-bond donors (Lipinski definition) is 1. The fourth-order valence-electron chi connectivity index (χ4n) is 2.94. The molecule has 0 fully saturated rings. The molecule has 1 aromatic heterocycles. The van der Waals surface area contributed by atoms with Crippen LogP contribution < -0.4 is 5.32 Å². The summed E-state index contributed by atoms with van der Waals surface area (Å²) < 4.78 is 6.86. The summed E-state index contributed by atoms with van der Waals surface area (Å²) in [4.78, 5) is 12.2. The number of carbonyl (C=O) groups is 1. The minimum atomic E-state index is 0.129. The van der Waals surface area contributed by atoms with Crippen molar-refractivity contribution in [3.05, 3.63) is 76.8 Å². The molecule has 0 spiro atoms. The Bertz CT molecular complexity index is 1050. The van der Waals surface area contributed by atoms with Crippen molar-refractivity contribution in [3.63, 3.8) is 0 Å². The van der Waals surface area contributed by atoms with Gasteiger partial charge in [0.05, 0.1) is 0 Å². The molecular weight excluding hydrogens is 378 g/mol. The van der Waals surface area contributed by atoms with Crippen LogP contribution in [0.5, 0.6) is 0 Å². The monoisotopic (exact) mass is 393 g/mol. The Morgan fingerprint density at radius 3 is 2.52 bits per heavy atom. The van der Waals surface area contributed by atoms with Crippen LogP contribution in [-0.4, -0.2) is 12.3 Å². The number of furan rings is 1. The standard InChI is InChI=1S/C21H16BrNO2/c22-15-7-5-14(6-8-15)19(24)11-12-23-16-9-10-18-17-3-1-2-4-20(17)25-21(18)13-16/h1-10,13,23H,11-12H2. The molecule has 0 amide bonds. The molecule has 0 bridgehead atoms. The van der Waals surface area contributed by atoms with Crippen LogP contribution in [0.4, 0.5) is 5.69 Å². The first-order valence-electron chi connectivity index (χ1n) is 8.15. The Hall–Kier alpha value is -2.59. The van der Waals surface area contributed by atoms with Gasteiger partial charge < -0.3 is 9.73 Å². The highest BCUT2D eigenvalue weighted by Gasteiger charge is 2.08. The van der Waals surface area contributed by atoms with Crippen molar-refractivity contribution in [1.29, 1.82) is 0 Å². The molecule has 124 valence electrons. The number of nitrogens with one attached hydrogen (secondary N) is 1. The Morgan fingerprint density at radius 1 is 0.920 bits per heavy atom. The van der Waals surface area contributed by atoms with Gasteiger partial charge in [0.15, 0.2) is 5.78 Å². The van der Waals surface area contributed by atoms with E-state index in [1.165, 1.54) is 0 Å². The normalized spacial score (nSPS) is 11.1. The number of fused-ring (bicyclic) bond motifs is 3. The molecule has 25 heavy (non-hydrogen) atoms. The topological polar surface area (TPSA) is 42.2 Å². The number of anilines is 1. The Labute approximate surface area is 153 Å². The van der Waals surface area contributed by atoms with Gasteiger partial charge in [0.2, 0.25) is 0 Å². The van der Waals surface area contributed by atoms with Crippen LogP contribution in [0.1, 0.15) is 16.8 Å². The van der Waals surface area contributed by atoms with E-state index >= 15 is 0 Å². The average molecular weight is 394 g/mol. The number of hydrogen-bond acceptors (Lipinski definition) is 3. The summed E-state index contributed by atoms with van der Waals surface area (Å²) in [5.74, 6) is 0.129. The number of ketones is 1. The van der Waals surface area contributed by atoms with Gasteiger partial charge in [-0.1, -0.05) is 46.3 Å². The lowest BCUT2D eigenvalue weighted by molar-refractivity contribution is 0.0986. The highest BCUT2D eigenvalue weighted by Crippen LogP contribution is 2.30. The van der Waals surface area contributed by atoms with Crippen LogP contribution in [0.2, 0.25) is 0 Å². The molecule has 3 nitrogen and oxygen atoms in total. The van der Waals surface area contributed by atoms with Gasteiger partial charge in [0.1, 0.15) is 11.2 Å². The molecule has 0 saturated carbocycles. The zero-order chi connectivity index (χ0) is 17.2. The molecule has 1 heterocycles. The van der Waals surface area contributed by atoms with E-state index in [-0.39, 0.29) is 5.78 Å². The van der Waals surface area contributed by atoms with Crippen LogP contribution in [0.15, 0.2) is 75.6 Å². The number of benzene rings is 3. The van der Waals surface area contributed by atoms with E-state index in [0.717, 1.165) is 37.7 Å². The first-order valence-corrected chi connectivity index (χ1v) is 8.94. The van der Waals surface area contributed by atoms with Crippen molar-refractivity contribution >= 4 is 49.3 Å². The molecule has 4 aromatic rings. The summed E-state index contributed by atoms with van der Waals surface area (Å²) in [5.41, 5.74) is 3.43. The fraction of sp³-hybridized carbons (Fsp3) is 0.0952. The van der Waals surface area contributed by atoms with Crippen molar-refractivity contribution in [2.75, 3.05) is 11.9 Å². The van der Waals surface area contributed by atoms with Crippen molar-refractivity contribution in [3.8, 4) is 0 Å². The second kappa shape index (κ2) is 6.73. The van der Waals surface area contributed by atoms with E-state index < -0.39 is 0 Å². The SMILES string of the molecule is O=C(CCNc1ccc2c(c1)oc1ccccc12)c1ccc(Br)cc1. The third-order valence-electron chi connectivity index (χ3n) is 4.23. The Morgan fingerprint density at radius 2 is 1.68 bits per heavy atom. The molecule has 0 unspecified atom stereocenters. The van der Waals surface area contributed by atoms with Gasteiger partial charge in [-0.2, -0.15) is 0 Å². The number of rotatable bonds is 5. The number of Topliss-reactive ketones (excluding diaryl/α,β-unsaturated/α-hetero) is 1. The highest BCUT2D eigenvalue weighted by atomic mass is 79.9. The van der Waals surface area contributed by atoms with Gasteiger partial charge in [0.25, 0.3) is 0 Å². The summed E-state index contributed by atoms with van der Waals surface area (Å²) >= 11 is 3.38. The van der Waals surface area contributed by atoms with Gasteiger partial charge in [0, 0.05) is 45.5 Å². The molecule has 4 heteroatoms. The quantitative estimate of drug-likeness (QED) is 0.420. The van der Waals surface area contributed by atoms with Gasteiger partial charge in [-0.25, -0.2) is 0 Å². The largest absolute Gasteiger partial charge is 0.456 e. The third-order valence-corrected chi connectivity index (χ3v) is 4.75. The lowest BCUT2D eigenvalue weighted by Crippen LogP contribution is -2.08. The van der Waals surface area contributed by atoms with E-state index in [1.54, 1.807) is 0 Å². The lowest BCUT2D eigenvalue weighted by atomic mass is 10.1. The van der Waals surface area contributed by atoms with Crippen LogP contribution in [-0.2, 0) is 0 Å². The van der Waals surface area contributed by atoms with Gasteiger partial charge in [-0.3, -0.25) is 4.79 Å². The first-order chi connectivity index (χ1) is 12.2. The fourth-order valence-corrected chi connectivity index (χ4v) is 3.20. The van der Waals surface area contributed by atoms with Crippen LogP contribution in [0, 0.1) is 0 Å².